The molecular formula is C29H37N3O5. The minimum Gasteiger partial charge on any atom is -0.507 e. The molecule has 2 aliphatic heterocycles. The van der Waals surface area contributed by atoms with E-state index in [0.29, 0.717) is 37.7 Å². The number of morpholine rings is 1. The number of likely N-dealkylation sites (tertiary alicyclic amines) is 1. The predicted molar refractivity (Wildman–Crippen MR) is 144 cm³/mol. The Morgan fingerprint density at radius 3 is 2.41 bits per heavy atom. The highest BCUT2D eigenvalue weighted by molar-refractivity contribution is 6.46. The average Bonchev–Trinajstić information content (AvgIpc) is 3.14. The second-order valence-corrected chi connectivity index (χ2v) is 9.70. The van der Waals surface area contributed by atoms with Crippen molar-refractivity contribution in [1.29, 1.82) is 0 Å². The number of aliphatic hydroxyl groups excluding tert-OH is 1. The molecule has 8 heteroatoms. The number of hydrogen-bond acceptors (Lipinski definition) is 7. The highest BCUT2D eigenvalue weighted by Gasteiger charge is 2.46. The summed E-state index contributed by atoms with van der Waals surface area (Å²) in [4.78, 5) is 32.6. The number of ketones is 1. The lowest BCUT2D eigenvalue weighted by Crippen LogP contribution is -2.38. The van der Waals surface area contributed by atoms with E-state index in [-0.39, 0.29) is 11.3 Å². The molecule has 198 valence electrons. The first kappa shape index (κ1) is 26.7. The predicted octanol–water partition coefficient (Wildman–Crippen LogP) is 3.60. The van der Waals surface area contributed by atoms with Gasteiger partial charge in [-0.25, -0.2) is 0 Å². The van der Waals surface area contributed by atoms with E-state index in [9.17, 15) is 14.7 Å². The Hall–Kier alpha value is -3.36. The van der Waals surface area contributed by atoms with Crippen molar-refractivity contribution in [3.63, 3.8) is 0 Å². The van der Waals surface area contributed by atoms with Gasteiger partial charge in [0.05, 0.1) is 31.4 Å². The summed E-state index contributed by atoms with van der Waals surface area (Å²) >= 11 is 0. The van der Waals surface area contributed by atoms with Crippen LogP contribution in [0.1, 0.15) is 36.1 Å². The molecule has 0 spiro atoms. The Labute approximate surface area is 219 Å². The van der Waals surface area contributed by atoms with Gasteiger partial charge >= 0.3 is 0 Å². The summed E-state index contributed by atoms with van der Waals surface area (Å²) in [7, 11) is 3.92. The third kappa shape index (κ3) is 5.81. The van der Waals surface area contributed by atoms with Crippen LogP contribution in [0.15, 0.2) is 48.0 Å². The van der Waals surface area contributed by atoms with Crippen molar-refractivity contribution in [2.24, 2.45) is 0 Å². The van der Waals surface area contributed by atoms with Gasteiger partial charge in [0.1, 0.15) is 11.5 Å². The Morgan fingerprint density at radius 1 is 1.08 bits per heavy atom. The fraction of sp³-hybridized carbons (Fsp3) is 0.448. The number of nitrogens with zero attached hydrogens (tertiary/aromatic N) is 3. The number of aryl methyl sites for hydroxylation is 1. The number of anilines is 1. The highest BCUT2D eigenvalue weighted by Crippen LogP contribution is 2.40. The van der Waals surface area contributed by atoms with Crippen LogP contribution in [0.2, 0.25) is 0 Å². The van der Waals surface area contributed by atoms with E-state index < -0.39 is 17.7 Å². The minimum absolute atomic E-state index is 0.126. The number of benzene rings is 2. The second kappa shape index (κ2) is 11.8. The number of rotatable bonds is 9. The zero-order chi connectivity index (χ0) is 26.5. The van der Waals surface area contributed by atoms with E-state index in [1.165, 1.54) is 0 Å². The van der Waals surface area contributed by atoms with Crippen LogP contribution in [-0.2, 0) is 14.3 Å². The zero-order valence-electron chi connectivity index (χ0n) is 22.2. The maximum absolute atomic E-state index is 13.4. The van der Waals surface area contributed by atoms with Crippen LogP contribution < -0.4 is 9.64 Å². The van der Waals surface area contributed by atoms with Gasteiger partial charge in [-0.15, -0.1) is 0 Å². The molecule has 2 saturated heterocycles. The molecule has 4 rings (SSSR count). The molecular weight excluding hydrogens is 470 g/mol. The maximum atomic E-state index is 13.4. The van der Waals surface area contributed by atoms with E-state index in [4.69, 9.17) is 9.47 Å². The quantitative estimate of drug-likeness (QED) is 0.315. The Balaban J connectivity index is 1.70. The molecule has 8 nitrogen and oxygen atoms in total. The van der Waals surface area contributed by atoms with Gasteiger partial charge in [0, 0.05) is 51.5 Å². The smallest absolute Gasteiger partial charge is 0.295 e. The van der Waals surface area contributed by atoms with Gasteiger partial charge in [0.2, 0.25) is 0 Å². The summed E-state index contributed by atoms with van der Waals surface area (Å²) < 4.78 is 11.0. The van der Waals surface area contributed by atoms with E-state index in [1.807, 2.05) is 63.2 Å². The Bertz CT molecular complexity index is 1150. The summed E-state index contributed by atoms with van der Waals surface area (Å²) in [5.74, 6) is -0.695. The van der Waals surface area contributed by atoms with E-state index in [0.717, 1.165) is 42.9 Å². The summed E-state index contributed by atoms with van der Waals surface area (Å²) in [6.07, 6.45) is 0.724. The van der Waals surface area contributed by atoms with Crippen molar-refractivity contribution in [3.05, 3.63) is 64.7 Å². The Morgan fingerprint density at radius 2 is 1.78 bits per heavy atom. The summed E-state index contributed by atoms with van der Waals surface area (Å²) in [6.45, 7) is 8.69. The molecule has 0 bridgehead atoms. The van der Waals surface area contributed by atoms with Crippen molar-refractivity contribution in [1.82, 2.24) is 9.80 Å². The van der Waals surface area contributed by atoms with Gasteiger partial charge in [-0.2, -0.15) is 0 Å². The molecule has 2 heterocycles. The molecule has 2 fully saturated rings. The fourth-order valence-electron chi connectivity index (χ4n) is 5.00. The van der Waals surface area contributed by atoms with Crippen LogP contribution in [0.4, 0.5) is 5.69 Å². The maximum Gasteiger partial charge on any atom is 0.295 e. The first-order valence-corrected chi connectivity index (χ1v) is 12.9. The lowest BCUT2D eigenvalue weighted by molar-refractivity contribution is -0.140. The van der Waals surface area contributed by atoms with Gasteiger partial charge in [-0.1, -0.05) is 12.1 Å². The molecule has 1 unspecified atom stereocenters. The first-order chi connectivity index (χ1) is 17.8. The number of carbonyl (C=O) groups is 2. The number of aliphatic hydroxyl groups is 1. The van der Waals surface area contributed by atoms with Gasteiger partial charge < -0.3 is 24.4 Å². The minimum atomic E-state index is -0.660. The standard InChI is InChI=1S/C29H37N3O5/c1-5-37-23-11-12-24(20(2)19-23)27(33)25-26(21-7-9-22(10-8-21)30(3)4)32(29(35)28(25)34)14-6-13-31-15-17-36-18-16-31/h7-12,19,26,33H,5-6,13-18H2,1-4H3/b27-25+. The molecule has 37 heavy (non-hydrogen) atoms. The van der Waals surface area contributed by atoms with Crippen LogP contribution in [0.3, 0.4) is 0 Å². The lowest BCUT2D eigenvalue weighted by Gasteiger charge is -2.29. The van der Waals surface area contributed by atoms with Gasteiger partial charge in [-0.05, 0) is 61.7 Å². The SMILES string of the molecule is CCOc1ccc(/C(O)=C2\C(=O)C(=O)N(CCCN3CCOCC3)C2c2ccc(N(C)C)cc2)c(C)c1. The summed E-state index contributed by atoms with van der Waals surface area (Å²) in [5, 5.41) is 11.4. The van der Waals surface area contributed by atoms with Crippen LogP contribution in [0.25, 0.3) is 5.76 Å². The van der Waals surface area contributed by atoms with Crippen LogP contribution in [0, 0.1) is 6.92 Å². The summed E-state index contributed by atoms with van der Waals surface area (Å²) in [5.41, 5.74) is 3.21. The van der Waals surface area contributed by atoms with E-state index in [2.05, 4.69) is 4.90 Å². The Kier molecular flexibility index (Phi) is 8.51. The third-order valence-electron chi connectivity index (χ3n) is 7.01. The van der Waals surface area contributed by atoms with Crippen molar-refractivity contribution in [2.45, 2.75) is 26.3 Å². The fourth-order valence-corrected chi connectivity index (χ4v) is 5.00. The number of ether oxygens (including phenoxy) is 2. The third-order valence-corrected chi connectivity index (χ3v) is 7.01. The number of Topliss-reactive ketones (excluding diaryl/α,β-unsaturated/α-hetero) is 1. The van der Waals surface area contributed by atoms with Crippen molar-refractivity contribution < 1.29 is 24.2 Å². The number of amides is 1. The van der Waals surface area contributed by atoms with Crippen LogP contribution >= 0.6 is 0 Å². The topological polar surface area (TPSA) is 82.5 Å². The van der Waals surface area contributed by atoms with Crippen molar-refractivity contribution >= 4 is 23.1 Å². The number of hydrogen-bond donors (Lipinski definition) is 1. The van der Waals surface area contributed by atoms with Crippen molar-refractivity contribution in [2.75, 3.05) is 65.0 Å². The molecule has 0 aliphatic carbocycles. The van der Waals surface area contributed by atoms with E-state index in [1.54, 1.807) is 17.0 Å². The van der Waals surface area contributed by atoms with Gasteiger partial charge in [-0.3, -0.25) is 14.5 Å². The largest absolute Gasteiger partial charge is 0.507 e. The molecule has 0 radical (unpaired) electrons. The van der Waals surface area contributed by atoms with E-state index >= 15 is 0 Å². The summed E-state index contributed by atoms with van der Waals surface area (Å²) in [6, 6.07) is 12.5. The molecule has 0 aromatic heterocycles. The van der Waals surface area contributed by atoms with Gasteiger partial charge in [0.25, 0.3) is 11.7 Å². The molecule has 0 saturated carbocycles. The number of carbonyl (C=O) groups excluding carboxylic acids is 2. The molecule has 2 aromatic rings. The molecule has 1 N–H and O–H groups in total. The van der Waals surface area contributed by atoms with Gasteiger partial charge in [0.15, 0.2) is 0 Å². The highest BCUT2D eigenvalue weighted by atomic mass is 16.5. The molecule has 1 amide bonds. The zero-order valence-corrected chi connectivity index (χ0v) is 22.2. The second-order valence-electron chi connectivity index (χ2n) is 9.70. The molecule has 2 aliphatic rings. The first-order valence-electron chi connectivity index (χ1n) is 12.9. The average molecular weight is 508 g/mol. The normalized spacial score (nSPS) is 19.9. The van der Waals surface area contributed by atoms with Crippen LogP contribution in [-0.4, -0.2) is 86.7 Å². The molecule has 2 aromatic carbocycles. The van der Waals surface area contributed by atoms with Crippen molar-refractivity contribution in [3.8, 4) is 5.75 Å². The van der Waals surface area contributed by atoms with Crippen LogP contribution in [0.5, 0.6) is 5.75 Å². The molecule has 1 atom stereocenters. The lowest BCUT2D eigenvalue weighted by atomic mass is 9.93. The monoisotopic (exact) mass is 507 g/mol.